The van der Waals surface area contributed by atoms with Crippen molar-refractivity contribution < 1.29 is 14.6 Å². The molecule has 31 heavy (non-hydrogen) atoms. The van der Waals surface area contributed by atoms with Gasteiger partial charge in [-0.2, -0.15) is 0 Å². The Hall–Kier alpha value is -3.84. The van der Waals surface area contributed by atoms with E-state index in [4.69, 9.17) is 11.6 Å². The van der Waals surface area contributed by atoms with Gasteiger partial charge in [0.25, 0.3) is 11.6 Å². The van der Waals surface area contributed by atoms with E-state index in [2.05, 4.69) is 26.1 Å². The van der Waals surface area contributed by atoms with Crippen LogP contribution in [0.4, 0.5) is 23.0 Å². The van der Waals surface area contributed by atoms with Crippen molar-refractivity contribution >= 4 is 51.9 Å². The normalized spacial score (nSPS) is 10.4. The van der Waals surface area contributed by atoms with Crippen LogP contribution in [0.2, 0.25) is 5.02 Å². The molecule has 160 valence electrons. The molecule has 0 atom stereocenters. The maximum atomic E-state index is 12.3. The van der Waals surface area contributed by atoms with E-state index in [0.29, 0.717) is 13.0 Å². The summed E-state index contributed by atoms with van der Waals surface area (Å²) in [7, 11) is 0. The molecule has 2 aromatic heterocycles. The number of rotatable bonds is 9. The van der Waals surface area contributed by atoms with Crippen LogP contribution in [-0.4, -0.2) is 32.3 Å². The van der Waals surface area contributed by atoms with E-state index in [-0.39, 0.29) is 22.2 Å². The number of benzene rings is 1. The Bertz CT molecular complexity index is 1130. The Labute approximate surface area is 183 Å². The van der Waals surface area contributed by atoms with Crippen LogP contribution in [0.3, 0.4) is 0 Å². The number of nitrogens with one attached hydrogen (secondary N) is 3. The predicted molar refractivity (Wildman–Crippen MR) is 114 cm³/mol. The smallest absolute Gasteiger partial charge is 0.354 e. The maximum absolute atomic E-state index is 12.3. The molecule has 3 aromatic rings. The van der Waals surface area contributed by atoms with Gasteiger partial charge in [-0.25, -0.2) is 9.97 Å². The van der Waals surface area contributed by atoms with Gasteiger partial charge in [-0.1, -0.05) is 17.7 Å². The molecule has 0 saturated carbocycles. The van der Waals surface area contributed by atoms with Gasteiger partial charge in [0.1, 0.15) is 11.3 Å². The van der Waals surface area contributed by atoms with E-state index in [0.717, 1.165) is 17.3 Å². The van der Waals surface area contributed by atoms with E-state index < -0.39 is 27.1 Å². The number of nitrogens with zero attached hydrogens (tertiary/aromatic N) is 4. The Morgan fingerprint density at radius 3 is 2.58 bits per heavy atom. The molecule has 0 aliphatic heterocycles. The van der Waals surface area contributed by atoms with Crippen LogP contribution in [0.1, 0.15) is 15.2 Å². The van der Waals surface area contributed by atoms with Gasteiger partial charge < -0.3 is 5.32 Å². The van der Waals surface area contributed by atoms with Crippen LogP contribution in [0, 0.1) is 20.2 Å². The molecule has 0 radical (unpaired) electrons. The average Bonchev–Trinajstić information content (AvgIpc) is 3.25. The number of aromatic nitrogens is 2. The monoisotopic (exact) mass is 463 g/mol. The van der Waals surface area contributed by atoms with Crippen molar-refractivity contribution in [3.63, 3.8) is 0 Å². The first-order valence-corrected chi connectivity index (χ1v) is 9.88. The summed E-state index contributed by atoms with van der Waals surface area (Å²) in [6.07, 6.45) is 1.75. The van der Waals surface area contributed by atoms with Gasteiger partial charge in [0.05, 0.1) is 9.85 Å². The lowest BCUT2D eigenvalue weighted by molar-refractivity contribution is -0.384. The number of carbonyl (C=O) groups is 1. The van der Waals surface area contributed by atoms with Crippen molar-refractivity contribution in [1.29, 1.82) is 0 Å². The number of nitro benzene ring substituents is 1. The molecule has 0 aliphatic carbocycles. The van der Waals surface area contributed by atoms with Crippen molar-refractivity contribution in [2.45, 2.75) is 6.42 Å². The van der Waals surface area contributed by atoms with Crippen LogP contribution in [0.25, 0.3) is 0 Å². The van der Waals surface area contributed by atoms with E-state index in [9.17, 15) is 25.0 Å². The number of hydrogen-bond acceptors (Lipinski definition) is 10. The summed E-state index contributed by atoms with van der Waals surface area (Å²) in [6.45, 7) is 0.401. The zero-order valence-electron chi connectivity index (χ0n) is 15.6. The van der Waals surface area contributed by atoms with Crippen molar-refractivity contribution in [2.75, 3.05) is 17.3 Å². The summed E-state index contributed by atoms with van der Waals surface area (Å²) >= 11 is 7.30. The molecular weight excluding hydrogens is 450 g/mol. The number of nitro groups is 2. The third kappa shape index (κ3) is 5.40. The lowest BCUT2D eigenvalue weighted by Gasteiger charge is -2.11. The van der Waals surface area contributed by atoms with Crippen molar-refractivity contribution in [3.05, 3.63) is 77.7 Å². The fraction of sp³-hybridized carbons (Fsp3) is 0.118. The molecule has 1 amide bonds. The van der Waals surface area contributed by atoms with Crippen molar-refractivity contribution in [3.8, 4) is 0 Å². The third-order valence-corrected chi connectivity index (χ3v) is 5.20. The number of anilines is 2. The highest BCUT2D eigenvalue weighted by atomic mass is 35.5. The molecule has 12 nitrogen and oxygen atoms in total. The summed E-state index contributed by atoms with van der Waals surface area (Å²) in [4.78, 5) is 42.2. The SMILES string of the molecule is O=C(NNc1ncnc(NCCc2cccs2)c1[N+](=O)[O-])c1ccc(Cl)c([N+](=O)[O-])c1. The first kappa shape index (κ1) is 21.9. The number of halogens is 1. The molecule has 3 rings (SSSR count). The zero-order valence-corrected chi connectivity index (χ0v) is 17.1. The fourth-order valence-electron chi connectivity index (χ4n) is 2.51. The Morgan fingerprint density at radius 2 is 1.90 bits per heavy atom. The number of hydrogen-bond donors (Lipinski definition) is 3. The van der Waals surface area contributed by atoms with Gasteiger partial charge >= 0.3 is 5.69 Å². The molecule has 0 fully saturated rings. The topological polar surface area (TPSA) is 165 Å². The van der Waals surface area contributed by atoms with Gasteiger partial charge in [0, 0.05) is 23.1 Å². The maximum Gasteiger partial charge on any atom is 0.354 e. The number of carbonyl (C=O) groups excluding carboxylic acids is 1. The molecule has 0 bridgehead atoms. The highest BCUT2D eigenvalue weighted by Gasteiger charge is 2.24. The molecule has 14 heteroatoms. The average molecular weight is 464 g/mol. The van der Waals surface area contributed by atoms with Crippen molar-refractivity contribution in [2.24, 2.45) is 0 Å². The molecule has 2 heterocycles. The number of thiophene rings is 1. The Kier molecular flexibility index (Phi) is 6.89. The summed E-state index contributed by atoms with van der Waals surface area (Å²) in [5, 5.41) is 27.2. The van der Waals surface area contributed by atoms with E-state index in [1.807, 2.05) is 17.5 Å². The largest absolute Gasteiger partial charge is 0.364 e. The molecule has 1 aromatic carbocycles. The minimum atomic E-state index is -0.778. The predicted octanol–water partition coefficient (Wildman–Crippen LogP) is 3.42. The highest BCUT2D eigenvalue weighted by Crippen LogP contribution is 2.29. The molecule has 0 saturated heterocycles. The summed E-state index contributed by atoms with van der Waals surface area (Å²) in [6, 6.07) is 7.33. The van der Waals surface area contributed by atoms with Gasteiger partial charge in [-0.05, 0) is 30.0 Å². The highest BCUT2D eigenvalue weighted by molar-refractivity contribution is 7.09. The second kappa shape index (κ2) is 9.77. The number of amides is 1. The molecule has 3 N–H and O–H groups in total. The second-order valence-corrected chi connectivity index (χ2v) is 7.37. The van der Waals surface area contributed by atoms with Crippen LogP contribution in [0.5, 0.6) is 0 Å². The molecule has 0 spiro atoms. The minimum absolute atomic E-state index is 0.0181. The first-order chi connectivity index (χ1) is 14.9. The summed E-state index contributed by atoms with van der Waals surface area (Å²) in [5.74, 6) is -1.05. The number of hydrazine groups is 1. The third-order valence-electron chi connectivity index (χ3n) is 3.95. The van der Waals surface area contributed by atoms with Gasteiger partial charge in [-0.3, -0.25) is 35.9 Å². The van der Waals surface area contributed by atoms with Crippen LogP contribution in [0.15, 0.2) is 42.0 Å². The van der Waals surface area contributed by atoms with Gasteiger partial charge in [0.15, 0.2) is 0 Å². The standard InChI is InChI=1S/C17H14ClN7O5S/c18-12-4-3-10(8-13(12)24(27)28)17(26)23-22-16-14(25(29)30)15(20-9-21-16)19-6-5-11-2-1-7-31-11/h1-4,7-9H,5-6H2,(H,23,26)(H2,19,20,21,22). The van der Waals surface area contributed by atoms with Crippen molar-refractivity contribution in [1.82, 2.24) is 15.4 Å². The second-order valence-electron chi connectivity index (χ2n) is 5.94. The van der Waals surface area contributed by atoms with Crippen LogP contribution >= 0.6 is 22.9 Å². The van der Waals surface area contributed by atoms with Gasteiger partial charge in [0.2, 0.25) is 11.6 Å². The Balaban J connectivity index is 1.72. The fourth-order valence-corrected chi connectivity index (χ4v) is 3.41. The quantitative estimate of drug-likeness (QED) is 0.318. The minimum Gasteiger partial charge on any atom is -0.364 e. The van der Waals surface area contributed by atoms with E-state index in [1.54, 1.807) is 11.3 Å². The summed E-state index contributed by atoms with van der Waals surface area (Å²) < 4.78 is 0. The Morgan fingerprint density at radius 1 is 1.13 bits per heavy atom. The van der Waals surface area contributed by atoms with Crippen LogP contribution < -0.4 is 16.2 Å². The van der Waals surface area contributed by atoms with Crippen LogP contribution in [-0.2, 0) is 6.42 Å². The van der Waals surface area contributed by atoms with E-state index in [1.165, 1.54) is 12.1 Å². The first-order valence-electron chi connectivity index (χ1n) is 8.62. The zero-order chi connectivity index (χ0) is 22.4. The molecular formula is C17H14ClN7O5S. The summed E-state index contributed by atoms with van der Waals surface area (Å²) in [5.41, 5.74) is 3.61. The molecule has 0 aliphatic rings. The lowest BCUT2D eigenvalue weighted by Crippen LogP contribution is -2.30. The van der Waals surface area contributed by atoms with E-state index >= 15 is 0 Å². The van der Waals surface area contributed by atoms with Gasteiger partial charge in [-0.15, -0.1) is 11.3 Å². The molecule has 0 unspecified atom stereocenters. The lowest BCUT2D eigenvalue weighted by atomic mass is 10.2.